The molecule has 4 rings (SSSR count). The van der Waals surface area contributed by atoms with Gasteiger partial charge in [0.1, 0.15) is 24.1 Å². The third kappa shape index (κ3) is 3.22. The van der Waals surface area contributed by atoms with Crippen LogP contribution in [0.2, 0.25) is 0 Å². The lowest BCUT2D eigenvalue weighted by Gasteiger charge is -2.32. The summed E-state index contributed by atoms with van der Waals surface area (Å²) in [6.45, 7) is 4.63. The molecule has 2 aromatic heterocycles. The molecule has 2 aliphatic rings. The maximum absolute atomic E-state index is 9.18. The number of carbonyl (C=O) groups excluding carboxylic acids is 1. The standard InChI is InChI=1S/C15H21N5.C3H3NO/c1-11-8-15(5-3-7-19(15)2)9-20(11)14-12-4-6-16-13(12)17-10-18-14;4-2-1-3-5/h4,6,10-11H,3,5,7-9H2,1-2H3,(H,16,17,18);3H,1H2. The Labute approximate surface area is 147 Å². The number of aromatic amines is 1. The summed E-state index contributed by atoms with van der Waals surface area (Å²) >= 11 is 0. The smallest absolute Gasteiger partial charge is 0.142 e. The highest BCUT2D eigenvalue weighted by molar-refractivity contribution is 5.87. The minimum Gasteiger partial charge on any atom is -0.351 e. The summed E-state index contributed by atoms with van der Waals surface area (Å²) in [7, 11) is 2.27. The summed E-state index contributed by atoms with van der Waals surface area (Å²) in [5.41, 5.74) is 1.29. The summed E-state index contributed by atoms with van der Waals surface area (Å²) in [6, 6.07) is 4.26. The van der Waals surface area contributed by atoms with E-state index in [4.69, 9.17) is 5.26 Å². The average Bonchev–Trinajstić information content (AvgIpc) is 3.29. The molecule has 7 heteroatoms. The Bertz CT molecular complexity index is 781. The molecule has 1 N–H and O–H groups in total. The normalized spacial score (nSPS) is 25.8. The van der Waals surface area contributed by atoms with E-state index in [1.165, 1.54) is 25.8 Å². The Kier molecular flexibility index (Phi) is 5.00. The first-order valence-corrected chi connectivity index (χ1v) is 8.68. The third-order valence-electron chi connectivity index (χ3n) is 5.40. The van der Waals surface area contributed by atoms with Crippen molar-refractivity contribution in [1.29, 1.82) is 5.26 Å². The van der Waals surface area contributed by atoms with E-state index >= 15 is 0 Å². The highest BCUT2D eigenvalue weighted by Gasteiger charge is 2.47. The number of likely N-dealkylation sites (N-methyl/N-ethyl adjacent to an activating group) is 1. The van der Waals surface area contributed by atoms with Gasteiger partial charge in [-0.3, -0.25) is 4.90 Å². The van der Waals surface area contributed by atoms with E-state index in [0.717, 1.165) is 23.4 Å². The zero-order valence-electron chi connectivity index (χ0n) is 14.8. The van der Waals surface area contributed by atoms with Crippen LogP contribution in [0.25, 0.3) is 11.0 Å². The number of carbonyl (C=O) groups is 1. The zero-order chi connectivity index (χ0) is 17.9. The number of aldehydes is 1. The van der Waals surface area contributed by atoms with Crippen LogP contribution in [0.1, 0.15) is 32.6 Å². The molecule has 2 aromatic rings. The number of anilines is 1. The number of hydrogen-bond donors (Lipinski definition) is 1. The second kappa shape index (κ2) is 7.19. The van der Waals surface area contributed by atoms with E-state index in [-0.39, 0.29) is 6.42 Å². The number of likely N-dealkylation sites (tertiary alicyclic amines) is 1. The van der Waals surface area contributed by atoms with Crippen molar-refractivity contribution in [2.75, 3.05) is 25.0 Å². The summed E-state index contributed by atoms with van der Waals surface area (Å²) in [4.78, 5) is 26.3. The highest BCUT2D eigenvalue weighted by Crippen LogP contribution is 2.41. The largest absolute Gasteiger partial charge is 0.351 e. The van der Waals surface area contributed by atoms with Crippen molar-refractivity contribution in [3.8, 4) is 6.07 Å². The van der Waals surface area contributed by atoms with E-state index in [1.807, 2.05) is 6.20 Å². The fourth-order valence-electron chi connectivity index (χ4n) is 4.14. The molecule has 0 bridgehead atoms. The molecule has 1 spiro atoms. The van der Waals surface area contributed by atoms with Gasteiger partial charge < -0.3 is 14.7 Å². The molecule has 0 aromatic carbocycles. The second-order valence-corrected chi connectivity index (χ2v) is 6.90. The molecule has 4 heterocycles. The van der Waals surface area contributed by atoms with Crippen molar-refractivity contribution in [3.05, 3.63) is 18.6 Å². The van der Waals surface area contributed by atoms with Gasteiger partial charge in [-0.2, -0.15) is 5.26 Å². The predicted octanol–water partition coefficient (Wildman–Crippen LogP) is 2.12. The third-order valence-corrected chi connectivity index (χ3v) is 5.40. The molecule has 2 fully saturated rings. The number of nitrogens with one attached hydrogen (secondary N) is 1. The first-order chi connectivity index (χ1) is 12.1. The first-order valence-electron chi connectivity index (χ1n) is 8.68. The van der Waals surface area contributed by atoms with E-state index < -0.39 is 0 Å². The Hall–Kier alpha value is -2.46. The number of aromatic nitrogens is 3. The van der Waals surface area contributed by atoms with E-state index in [9.17, 15) is 4.79 Å². The first kappa shape index (κ1) is 17.4. The van der Waals surface area contributed by atoms with E-state index in [0.29, 0.717) is 17.9 Å². The van der Waals surface area contributed by atoms with Crippen molar-refractivity contribution in [2.45, 2.75) is 44.2 Å². The van der Waals surface area contributed by atoms with Gasteiger partial charge in [-0.25, -0.2) is 9.97 Å². The van der Waals surface area contributed by atoms with Crippen molar-refractivity contribution < 1.29 is 4.79 Å². The van der Waals surface area contributed by atoms with Gasteiger partial charge in [-0.15, -0.1) is 0 Å². The predicted molar refractivity (Wildman–Crippen MR) is 96.2 cm³/mol. The molecule has 0 amide bonds. The maximum atomic E-state index is 9.18. The molecule has 2 atom stereocenters. The molecular formula is C18H24N6O. The molecule has 0 radical (unpaired) electrons. The van der Waals surface area contributed by atoms with Crippen LogP contribution < -0.4 is 4.90 Å². The fraction of sp³-hybridized carbons (Fsp3) is 0.556. The SMILES string of the molecule is CC1CC2(CCCN2C)CN1c1ncnc2[nH]ccc12.N#CCC=O. The van der Waals surface area contributed by atoms with Crippen molar-refractivity contribution >= 4 is 23.1 Å². The topological polar surface area (TPSA) is 88.9 Å². The second-order valence-electron chi connectivity index (χ2n) is 6.90. The Morgan fingerprint density at radius 2 is 2.36 bits per heavy atom. The Morgan fingerprint density at radius 3 is 3.00 bits per heavy atom. The van der Waals surface area contributed by atoms with Gasteiger partial charge in [-0.1, -0.05) is 0 Å². The molecular weight excluding hydrogens is 316 g/mol. The quantitative estimate of drug-likeness (QED) is 0.842. The van der Waals surface area contributed by atoms with Gasteiger partial charge in [0, 0.05) is 24.3 Å². The van der Waals surface area contributed by atoms with Crippen LogP contribution in [0.3, 0.4) is 0 Å². The van der Waals surface area contributed by atoms with Gasteiger partial charge in [0.25, 0.3) is 0 Å². The number of rotatable bonds is 2. The molecule has 0 aliphatic carbocycles. The lowest BCUT2D eigenvalue weighted by atomic mass is 9.93. The minimum absolute atomic E-state index is 0.0139. The summed E-state index contributed by atoms with van der Waals surface area (Å²) in [6.07, 6.45) is 8.07. The minimum atomic E-state index is 0.0139. The number of hydrogen-bond acceptors (Lipinski definition) is 6. The maximum Gasteiger partial charge on any atom is 0.142 e. The zero-order valence-corrected chi connectivity index (χ0v) is 14.8. The number of fused-ring (bicyclic) bond motifs is 1. The Balaban J connectivity index is 0.000000324. The summed E-state index contributed by atoms with van der Waals surface area (Å²) < 4.78 is 0. The highest BCUT2D eigenvalue weighted by atomic mass is 16.1. The van der Waals surface area contributed by atoms with Crippen LogP contribution in [0.5, 0.6) is 0 Å². The van der Waals surface area contributed by atoms with Crippen LogP contribution in [-0.2, 0) is 4.79 Å². The molecule has 0 saturated carbocycles. The molecule has 2 saturated heterocycles. The summed E-state index contributed by atoms with van der Waals surface area (Å²) in [5.74, 6) is 1.08. The van der Waals surface area contributed by atoms with Crippen molar-refractivity contribution in [1.82, 2.24) is 19.9 Å². The molecule has 132 valence electrons. The number of nitriles is 1. The monoisotopic (exact) mass is 340 g/mol. The van der Waals surface area contributed by atoms with Gasteiger partial charge in [0.15, 0.2) is 0 Å². The van der Waals surface area contributed by atoms with E-state index in [2.05, 4.69) is 44.8 Å². The molecule has 7 nitrogen and oxygen atoms in total. The molecule has 2 unspecified atom stereocenters. The summed E-state index contributed by atoms with van der Waals surface area (Å²) in [5, 5.41) is 8.72. The van der Waals surface area contributed by atoms with Crippen LogP contribution in [-0.4, -0.2) is 57.9 Å². The van der Waals surface area contributed by atoms with Crippen LogP contribution in [0.4, 0.5) is 5.82 Å². The van der Waals surface area contributed by atoms with Crippen molar-refractivity contribution in [3.63, 3.8) is 0 Å². The molecule has 2 aliphatic heterocycles. The van der Waals surface area contributed by atoms with Gasteiger partial charge in [0.2, 0.25) is 0 Å². The average molecular weight is 340 g/mol. The van der Waals surface area contributed by atoms with Gasteiger partial charge in [-0.05, 0) is 45.8 Å². The lowest BCUT2D eigenvalue weighted by molar-refractivity contribution is -0.107. The van der Waals surface area contributed by atoms with E-state index in [1.54, 1.807) is 12.4 Å². The van der Waals surface area contributed by atoms with Crippen LogP contribution in [0.15, 0.2) is 18.6 Å². The molecule has 25 heavy (non-hydrogen) atoms. The van der Waals surface area contributed by atoms with Gasteiger partial charge >= 0.3 is 0 Å². The number of nitrogens with zero attached hydrogens (tertiary/aromatic N) is 5. The lowest BCUT2D eigenvalue weighted by Crippen LogP contribution is -2.43. The van der Waals surface area contributed by atoms with Crippen LogP contribution in [0, 0.1) is 11.3 Å². The fourth-order valence-corrected chi connectivity index (χ4v) is 4.14. The van der Waals surface area contributed by atoms with Gasteiger partial charge in [0.05, 0.1) is 17.9 Å². The Morgan fingerprint density at radius 1 is 1.52 bits per heavy atom. The number of H-pyrrole nitrogens is 1. The van der Waals surface area contributed by atoms with Crippen LogP contribution >= 0.6 is 0 Å². The van der Waals surface area contributed by atoms with Crippen molar-refractivity contribution in [2.24, 2.45) is 0 Å².